The van der Waals surface area contributed by atoms with Crippen molar-refractivity contribution >= 4 is 27.7 Å². The second-order valence-corrected chi connectivity index (χ2v) is 9.51. The van der Waals surface area contributed by atoms with Crippen molar-refractivity contribution in [3.63, 3.8) is 0 Å². The van der Waals surface area contributed by atoms with Gasteiger partial charge >= 0.3 is 12.1 Å². The van der Waals surface area contributed by atoms with E-state index in [-0.39, 0.29) is 18.9 Å². The number of carbonyl (C=O) groups is 1. The summed E-state index contributed by atoms with van der Waals surface area (Å²) in [6.45, 7) is 2.21. The molecule has 0 unspecified atom stereocenters. The molecule has 0 bridgehead atoms. The molecule has 9 heteroatoms. The van der Waals surface area contributed by atoms with Gasteiger partial charge in [-0.15, -0.1) is 0 Å². The minimum absolute atomic E-state index is 0.0168. The van der Waals surface area contributed by atoms with E-state index in [1.165, 1.54) is 0 Å². The number of hydrogen-bond donors (Lipinski definition) is 3. The van der Waals surface area contributed by atoms with Crippen LogP contribution in [0.5, 0.6) is 0 Å². The number of amidine groups is 1. The van der Waals surface area contributed by atoms with Gasteiger partial charge in [-0.1, -0.05) is 65.5 Å². The zero-order valence-electron chi connectivity index (χ0n) is 19.7. The topological polar surface area (TPSA) is 84.6 Å². The number of alkyl halides is 3. The van der Waals surface area contributed by atoms with Crippen LogP contribution in [0.4, 0.5) is 13.2 Å². The van der Waals surface area contributed by atoms with Gasteiger partial charge in [0.15, 0.2) is 0 Å². The average Bonchev–Trinajstić information content (AvgIpc) is 2.82. The number of aliphatic carboxylic acids is 1. The lowest BCUT2D eigenvalue weighted by Gasteiger charge is -2.25. The van der Waals surface area contributed by atoms with E-state index >= 15 is 0 Å². The molecule has 2 aromatic carbocycles. The molecule has 0 aromatic heterocycles. The van der Waals surface area contributed by atoms with E-state index in [0.29, 0.717) is 30.1 Å². The maximum atomic E-state index is 13.0. The van der Waals surface area contributed by atoms with Crippen LogP contribution in [0.3, 0.4) is 0 Å². The molecule has 0 saturated heterocycles. The molecule has 0 atom stereocenters. The zero-order valence-corrected chi connectivity index (χ0v) is 21.3. The Morgan fingerprint density at radius 1 is 1.14 bits per heavy atom. The van der Waals surface area contributed by atoms with Crippen molar-refractivity contribution in [3.05, 3.63) is 69.2 Å². The smallest absolute Gasteiger partial charge is 0.416 e. The van der Waals surface area contributed by atoms with Gasteiger partial charge in [-0.25, -0.2) is 0 Å². The van der Waals surface area contributed by atoms with Crippen LogP contribution >= 0.6 is 15.9 Å². The zero-order chi connectivity index (χ0) is 26.0. The fourth-order valence-corrected chi connectivity index (χ4v) is 4.56. The summed E-state index contributed by atoms with van der Waals surface area (Å²) >= 11 is 3.44. The lowest BCUT2D eigenvalue weighted by molar-refractivity contribution is -0.139. The Labute approximate surface area is 212 Å². The molecule has 3 rings (SSSR count). The highest BCUT2D eigenvalue weighted by Gasteiger charge is 2.35. The Hall–Kier alpha value is -2.39. The summed E-state index contributed by atoms with van der Waals surface area (Å²) in [5.74, 6) is -0.450. The van der Waals surface area contributed by atoms with E-state index < -0.39 is 17.7 Å². The summed E-state index contributed by atoms with van der Waals surface area (Å²) in [5.41, 5.74) is 1.20. The molecule has 2 aromatic rings. The highest BCUT2D eigenvalue weighted by molar-refractivity contribution is 9.10. The molecule has 1 aliphatic carbocycles. The molecule has 192 valence electrons. The van der Waals surface area contributed by atoms with Crippen molar-refractivity contribution in [2.75, 3.05) is 6.54 Å². The number of carboxylic acid groups (broad SMARTS) is 1. The maximum absolute atomic E-state index is 13.0. The standard InChI is InChI=1S/C14H17F3O.C12H15BrN2O2/c15-14(16,17)13-8-10(9-18)6-7-12(13)11-4-2-1-3-5-11;1-9(14)15(7-6-12(16)17)8-10-4-2-3-5-11(10)13/h6-8,11,18H,1-5,9H2;2-5,14H,6-8H2,1H3,(H,16,17). The van der Waals surface area contributed by atoms with E-state index in [4.69, 9.17) is 15.6 Å². The minimum atomic E-state index is -4.34. The van der Waals surface area contributed by atoms with Crippen molar-refractivity contribution in [2.45, 2.75) is 70.7 Å². The number of rotatable bonds is 7. The van der Waals surface area contributed by atoms with Crippen molar-refractivity contribution in [1.82, 2.24) is 4.90 Å². The van der Waals surface area contributed by atoms with Crippen molar-refractivity contribution in [2.24, 2.45) is 0 Å². The number of aliphatic hydroxyl groups excluding tert-OH is 1. The molecule has 1 aliphatic rings. The van der Waals surface area contributed by atoms with Crippen molar-refractivity contribution in [1.29, 1.82) is 5.41 Å². The number of hydrogen-bond acceptors (Lipinski definition) is 3. The number of nitrogens with one attached hydrogen (secondary N) is 1. The lowest BCUT2D eigenvalue weighted by atomic mass is 9.81. The third kappa shape index (κ3) is 9.29. The normalized spacial score (nSPS) is 14.1. The van der Waals surface area contributed by atoms with Crippen LogP contribution in [0.25, 0.3) is 0 Å². The number of nitrogens with zero attached hydrogens (tertiary/aromatic N) is 1. The molecule has 0 heterocycles. The van der Waals surface area contributed by atoms with Gasteiger partial charge in [-0.3, -0.25) is 10.2 Å². The van der Waals surface area contributed by atoms with E-state index in [9.17, 15) is 18.0 Å². The Kier molecular flexibility index (Phi) is 11.2. The first kappa shape index (κ1) is 28.8. The summed E-state index contributed by atoms with van der Waals surface area (Å²) in [4.78, 5) is 12.3. The number of aliphatic hydroxyl groups is 1. The fraction of sp³-hybridized carbons (Fsp3) is 0.462. The van der Waals surface area contributed by atoms with Crippen LogP contribution in [-0.4, -0.2) is 33.5 Å². The van der Waals surface area contributed by atoms with Gasteiger partial charge in [0.1, 0.15) is 0 Å². The molecule has 0 amide bonds. The number of benzene rings is 2. The van der Waals surface area contributed by atoms with Crippen LogP contribution in [0.15, 0.2) is 46.9 Å². The third-order valence-corrected chi connectivity index (χ3v) is 6.81. The highest BCUT2D eigenvalue weighted by Crippen LogP contribution is 2.41. The van der Waals surface area contributed by atoms with E-state index in [1.807, 2.05) is 24.3 Å². The van der Waals surface area contributed by atoms with Crippen LogP contribution in [0.2, 0.25) is 0 Å². The number of halogens is 4. The Morgan fingerprint density at radius 3 is 2.34 bits per heavy atom. The molecule has 0 aliphatic heterocycles. The Bertz CT molecular complexity index is 992. The summed E-state index contributed by atoms with van der Waals surface area (Å²) in [5, 5.41) is 25.3. The second kappa shape index (κ2) is 13.6. The van der Waals surface area contributed by atoms with Gasteiger partial charge in [0.2, 0.25) is 0 Å². The molecule has 5 nitrogen and oxygen atoms in total. The first-order valence-corrected chi connectivity index (χ1v) is 12.4. The van der Waals surface area contributed by atoms with Gasteiger partial charge in [-0.05, 0) is 54.5 Å². The molecule has 35 heavy (non-hydrogen) atoms. The third-order valence-electron chi connectivity index (χ3n) is 6.04. The van der Waals surface area contributed by atoms with Gasteiger partial charge < -0.3 is 15.1 Å². The van der Waals surface area contributed by atoms with Crippen LogP contribution in [0.1, 0.15) is 73.6 Å². The molecule has 1 saturated carbocycles. The van der Waals surface area contributed by atoms with Crippen LogP contribution < -0.4 is 0 Å². The first-order chi connectivity index (χ1) is 16.5. The summed E-state index contributed by atoms with van der Waals surface area (Å²) in [7, 11) is 0. The van der Waals surface area contributed by atoms with Crippen molar-refractivity contribution in [3.8, 4) is 0 Å². The molecule has 0 spiro atoms. The predicted octanol–water partition coefficient (Wildman–Crippen LogP) is 6.97. The van der Waals surface area contributed by atoms with E-state index in [2.05, 4.69) is 15.9 Å². The van der Waals surface area contributed by atoms with Gasteiger partial charge in [0.05, 0.1) is 24.4 Å². The SMILES string of the molecule is CC(=N)N(CCC(=O)O)Cc1ccccc1Br.OCc1ccc(C2CCCCC2)c(C(F)(F)F)c1. The second-order valence-electron chi connectivity index (χ2n) is 8.65. The molecular formula is C26H32BrF3N2O3. The first-order valence-electron chi connectivity index (χ1n) is 11.6. The summed E-state index contributed by atoms with van der Waals surface area (Å²) in [6, 6.07) is 12.0. The quantitative estimate of drug-likeness (QED) is 0.254. The van der Waals surface area contributed by atoms with E-state index in [0.717, 1.165) is 48.2 Å². The molecular weight excluding hydrogens is 525 g/mol. The monoisotopic (exact) mass is 556 g/mol. The lowest BCUT2D eigenvalue weighted by Crippen LogP contribution is -2.30. The minimum Gasteiger partial charge on any atom is -0.481 e. The summed E-state index contributed by atoms with van der Waals surface area (Å²) < 4.78 is 40.1. The van der Waals surface area contributed by atoms with Crippen molar-refractivity contribution < 1.29 is 28.2 Å². The van der Waals surface area contributed by atoms with Gasteiger partial charge in [-0.2, -0.15) is 13.2 Å². The fourth-order valence-electron chi connectivity index (χ4n) is 4.15. The van der Waals surface area contributed by atoms with Gasteiger partial charge in [0.25, 0.3) is 0 Å². The molecule has 3 N–H and O–H groups in total. The Balaban J connectivity index is 0.000000247. The maximum Gasteiger partial charge on any atom is 0.416 e. The highest BCUT2D eigenvalue weighted by atomic mass is 79.9. The molecule has 1 fully saturated rings. The number of carboxylic acids is 1. The van der Waals surface area contributed by atoms with Gasteiger partial charge in [0, 0.05) is 17.6 Å². The largest absolute Gasteiger partial charge is 0.481 e. The summed E-state index contributed by atoms with van der Waals surface area (Å²) in [6.07, 6.45) is 0.502. The van der Waals surface area contributed by atoms with Crippen LogP contribution in [-0.2, 0) is 24.1 Å². The van der Waals surface area contributed by atoms with E-state index in [1.54, 1.807) is 24.0 Å². The molecule has 0 radical (unpaired) electrons. The van der Waals surface area contributed by atoms with Crippen LogP contribution in [0, 0.1) is 5.41 Å². The Morgan fingerprint density at radius 2 is 1.80 bits per heavy atom. The predicted molar refractivity (Wildman–Crippen MR) is 133 cm³/mol. The average molecular weight is 557 g/mol.